The van der Waals surface area contributed by atoms with Crippen LogP contribution in [0.15, 0.2) is 88.4 Å². The molecule has 0 bridgehead atoms. The molecule has 57 heavy (non-hydrogen) atoms. The molecule has 2 N–H and O–H groups in total. The zero-order valence-electron chi connectivity index (χ0n) is 33.1. The molecule has 3 amide bonds. The zero-order valence-corrected chi connectivity index (χ0v) is 34.7. The van der Waals surface area contributed by atoms with Crippen LogP contribution in [0.2, 0.25) is 0 Å². The number of ether oxygens (including phenoxy) is 2. The fraction of sp³-hybridized carbons (Fsp3) is 0.439. The van der Waals surface area contributed by atoms with E-state index in [-0.39, 0.29) is 60.9 Å². The Bertz CT molecular complexity index is 1990. The summed E-state index contributed by atoms with van der Waals surface area (Å²) in [5.74, 6) is 0.397. The van der Waals surface area contributed by atoms with Crippen LogP contribution in [0.4, 0.5) is 5.95 Å². The molecule has 0 radical (unpaired) electrons. The Hall–Kier alpha value is -5.35. The maximum atomic E-state index is 13.7. The van der Waals surface area contributed by atoms with Crippen LogP contribution in [0.5, 0.6) is 0 Å². The number of carbonyl (C=O) groups is 3. The topological polar surface area (TPSA) is 172 Å². The number of anilines is 1. The van der Waals surface area contributed by atoms with Gasteiger partial charge in [-0.05, 0) is 57.2 Å². The van der Waals surface area contributed by atoms with Crippen molar-refractivity contribution in [1.82, 2.24) is 30.4 Å². The molecule has 1 aliphatic heterocycles. The number of benzene rings is 2. The van der Waals surface area contributed by atoms with Gasteiger partial charge in [0.05, 0.1) is 37.4 Å². The molecule has 2 atom stereocenters. The Morgan fingerprint density at radius 2 is 1.77 bits per heavy atom. The van der Waals surface area contributed by atoms with E-state index in [0.717, 1.165) is 36.2 Å². The predicted octanol–water partition coefficient (Wildman–Crippen LogP) is 4.90. The van der Waals surface area contributed by atoms with Gasteiger partial charge in [-0.3, -0.25) is 24.5 Å². The molecule has 1 fully saturated rings. The highest BCUT2D eigenvalue weighted by molar-refractivity contribution is 9.10. The number of allylic oxidation sites excluding steroid dienone is 1. The molecule has 2 aliphatic rings. The van der Waals surface area contributed by atoms with E-state index in [1.54, 1.807) is 61.4 Å². The summed E-state index contributed by atoms with van der Waals surface area (Å²) in [7, 11) is 3.53. The minimum Gasteiger partial charge on any atom is -0.494 e. The van der Waals surface area contributed by atoms with Gasteiger partial charge >= 0.3 is 0 Å². The summed E-state index contributed by atoms with van der Waals surface area (Å²) < 4.78 is 12.5. The first-order chi connectivity index (χ1) is 27.3. The van der Waals surface area contributed by atoms with Gasteiger partial charge in [-0.15, -0.1) is 0 Å². The van der Waals surface area contributed by atoms with Crippen molar-refractivity contribution in [3.63, 3.8) is 0 Å². The number of halogens is 1. The summed E-state index contributed by atoms with van der Waals surface area (Å²) in [4.78, 5) is 67.0. The smallest absolute Gasteiger partial charge is 0.254 e. The lowest BCUT2D eigenvalue weighted by Crippen LogP contribution is -2.48. The quantitative estimate of drug-likeness (QED) is 0.108. The number of hydrogen-bond donors (Lipinski definition) is 2. The summed E-state index contributed by atoms with van der Waals surface area (Å²) in [6.45, 7) is 9.33. The van der Waals surface area contributed by atoms with Crippen molar-refractivity contribution in [2.24, 2.45) is 0 Å². The van der Waals surface area contributed by atoms with Gasteiger partial charge in [0.25, 0.3) is 11.8 Å². The van der Waals surface area contributed by atoms with Gasteiger partial charge in [-0.1, -0.05) is 52.3 Å². The molecular formula is C41H51BrN8O7. The molecule has 2 aromatic carbocycles. The predicted molar refractivity (Wildman–Crippen MR) is 219 cm³/mol. The Kier molecular flexibility index (Phi) is 14.8. The van der Waals surface area contributed by atoms with Crippen molar-refractivity contribution in [3.05, 3.63) is 121 Å². The van der Waals surface area contributed by atoms with Gasteiger partial charge in [-0.2, -0.15) is 0 Å². The summed E-state index contributed by atoms with van der Waals surface area (Å²) in [5, 5.41) is 18.3. The van der Waals surface area contributed by atoms with Crippen molar-refractivity contribution in [2.75, 3.05) is 64.9 Å². The largest absolute Gasteiger partial charge is 0.494 e. The fourth-order valence-electron chi connectivity index (χ4n) is 6.82. The number of likely N-dealkylation sites (N-methyl/N-ethyl adjacent to an activating group) is 1. The second-order valence-electron chi connectivity index (χ2n) is 14.4. The van der Waals surface area contributed by atoms with Crippen LogP contribution in [0, 0.1) is 17.0 Å². The maximum absolute atomic E-state index is 13.7. The standard InChI is InChI=1S/C41H51BrN8O7/c1-28-32(26-44-40(46-28)48-21-19-47(4)20-22-48)39(53)43-17-18-49(27-31-14-9-10-15-34(31)42)37(51)16-11-23-57-36-25-41(3,50(54)55)33(24-35(36)56-5)29(2)45-38(52)30-12-7-6-8-13-30/h6-10,12-15,24,26,29H,11,16-23,25,27H2,1-5H3,(H,43,53)(H,45,52). The Labute approximate surface area is 341 Å². The fourth-order valence-corrected chi connectivity index (χ4v) is 7.23. The second-order valence-corrected chi connectivity index (χ2v) is 15.3. The van der Waals surface area contributed by atoms with Crippen molar-refractivity contribution in [1.29, 1.82) is 0 Å². The number of nitro groups is 1. The summed E-state index contributed by atoms with van der Waals surface area (Å²) in [5.41, 5.74) is 1.09. The Morgan fingerprint density at radius 1 is 1.07 bits per heavy atom. The Morgan fingerprint density at radius 3 is 2.44 bits per heavy atom. The van der Waals surface area contributed by atoms with Gasteiger partial charge < -0.3 is 34.8 Å². The van der Waals surface area contributed by atoms with Gasteiger partial charge in [0, 0.05) is 85.9 Å². The van der Waals surface area contributed by atoms with Crippen molar-refractivity contribution in [3.8, 4) is 0 Å². The monoisotopic (exact) mass is 846 g/mol. The molecule has 3 aromatic rings. The summed E-state index contributed by atoms with van der Waals surface area (Å²) in [6.07, 6.45) is 3.47. The minimum atomic E-state index is -1.59. The number of carbonyl (C=O) groups excluding carboxylic acids is 3. The van der Waals surface area contributed by atoms with E-state index in [1.807, 2.05) is 24.3 Å². The highest BCUT2D eigenvalue weighted by Crippen LogP contribution is 2.38. The lowest BCUT2D eigenvalue weighted by Gasteiger charge is -2.33. The van der Waals surface area contributed by atoms with Crippen LogP contribution in [0.1, 0.15) is 65.1 Å². The van der Waals surface area contributed by atoms with Crippen LogP contribution >= 0.6 is 15.9 Å². The number of methoxy groups -OCH3 is 1. The van der Waals surface area contributed by atoms with Crippen molar-refractivity contribution < 1.29 is 28.8 Å². The maximum Gasteiger partial charge on any atom is 0.254 e. The van der Waals surface area contributed by atoms with Gasteiger partial charge in [-0.25, -0.2) is 9.97 Å². The van der Waals surface area contributed by atoms with Crippen molar-refractivity contribution >= 4 is 39.6 Å². The number of aromatic nitrogens is 2. The molecule has 0 spiro atoms. The molecule has 15 nitrogen and oxygen atoms in total. The molecule has 304 valence electrons. The average molecular weight is 848 g/mol. The van der Waals surface area contributed by atoms with E-state index in [1.165, 1.54) is 14.0 Å². The average Bonchev–Trinajstić information content (AvgIpc) is 3.20. The molecule has 5 rings (SSSR count). The van der Waals surface area contributed by atoms with Crippen LogP contribution in [0.3, 0.4) is 0 Å². The van der Waals surface area contributed by atoms with E-state index in [4.69, 9.17) is 9.47 Å². The van der Waals surface area contributed by atoms with Crippen LogP contribution in [0.25, 0.3) is 0 Å². The van der Waals surface area contributed by atoms with E-state index in [2.05, 4.69) is 53.4 Å². The molecule has 1 saturated heterocycles. The molecule has 0 saturated carbocycles. The normalized spacial score (nSPS) is 17.6. The lowest BCUT2D eigenvalue weighted by molar-refractivity contribution is -0.554. The van der Waals surface area contributed by atoms with Gasteiger partial charge in [0.1, 0.15) is 5.76 Å². The first-order valence-corrected chi connectivity index (χ1v) is 19.8. The van der Waals surface area contributed by atoms with E-state index in [9.17, 15) is 24.5 Å². The molecular weight excluding hydrogens is 796 g/mol. The second kappa shape index (κ2) is 19.7. The number of amides is 3. The number of rotatable bonds is 17. The van der Waals surface area contributed by atoms with Crippen LogP contribution < -0.4 is 15.5 Å². The van der Waals surface area contributed by atoms with Crippen LogP contribution in [-0.4, -0.2) is 114 Å². The third kappa shape index (κ3) is 10.9. The first kappa shape index (κ1) is 42.8. The number of nitrogens with one attached hydrogen (secondary N) is 2. The number of hydrogen-bond acceptors (Lipinski definition) is 11. The highest BCUT2D eigenvalue weighted by Gasteiger charge is 2.48. The summed E-state index contributed by atoms with van der Waals surface area (Å²) in [6, 6.07) is 15.6. The number of aryl methyl sites for hydroxylation is 1. The lowest BCUT2D eigenvalue weighted by atomic mass is 9.80. The number of piperazine rings is 1. The van der Waals surface area contributed by atoms with E-state index < -0.39 is 11.6 Å². The molecule has 1 aliphatic carbocycles. The SMILES string of the molecule is COC1=C(OCCCC(=O)N(CCNC(=O)c2cnc(N3CCN(C)CC3)nc2C)Cc2ccccc2Br)CC(C)([N+](=O)[O-])C(C(C)NC(=O)c2ccccc2)=C1. The first-order valence-electron chi connectivity index (χ1n) is 19.0. The van der Waals surface area contributed by atoms with Crippen molar-refractivity contribution in [2.45, 2.75) is 58.2 Å². The molecule has 1 aromatic heterocycles. The third-order valence-electron chi connectivity index (χ3n) is 10.3. The summed E-state index contributed by atoms with van der Waals surface area (Å²) >= 11 is 3.58. The highest BCUT2D eigenvalue weighted by atomic mass is 79.9. The Balaban J connectivity index is 1.20. The minimum absolute atomic E-state index is 0.105. The number of nitrogens with zero attached hydrogens (tertiary/aromatic N) is 6. The molecule has 2 unspecified atom stereocenters. The molecule has 16 heteroatoms. The third-order valence-corrected chi connectivity index (χ3v) is 11.1. The van der Waals surface area contributed by atoms with Gasteiger partial charge in [0.15, 0.2) is 5.76 Å². The molecule has 2 heterocycles. The van der Waals surface area contributed by atoms with Gasteiger partial charge in [0.2, 0.25) is 17.4 Å². The van der Waals surface area contributed by atoms with E-state index >= 15 is 0 Å². The zero-order chi connectivity index (χ0) is 41.1. The van der Waals surface area contributed by atoms with E-state index in [0.29, 0.717) is 47.1 Å². The van der Waals surface area contributed by atoms with Crippen LogP contribution in [-0.2, 0) is 20.8 Å².